The zero-order chi connectivity index (χ0) is 10.4. The molecule has 0 saturated carbocycles. The number of aliphatic carboxylic acids is 1. The minimum absolute atomic E-state index is 0.262. The predicted molar refractivity (Wildman–Crippen MR) is 59.8 cm³/mol. The Kier molecular flexibility index (Phi) is 5.33. The lowest BCUT2D eigenvalue weighted by molar-refractivity contribution is -0.138. The fourth-order valence-electron chi connectivity index (χ4n) is 1.73. The van der Waals surface area contributed by atoms with Gasteiger partial charge in [0.1, 0.15) is 0 Å². The van der Waals surface area contributed by atoms with Gasteiger partial charge in [0.15, 0.2) is 0 Å². The maximum Gasteiger partial charge on any atom is 0.304 e. The smallest absolute Gasteiger partial charge is 0.304 e. The van der Waals surface area contributed by atoms with Crippen LogP contribution in [-0.4, -0.2) is 46.6 Å². The molecule has 3 nitrogen and oxygen atoms in total. The Morgan fingerprint density at radius 1 is 1.64 bits per heavy atom. The Hall–Kier alpha value is -0.220. The van der Waals surface area contributed by atoms with Crippen molar-refractivity contribution in [2.45, 2.75) is 32.2 Å². The number of carboxylic acid groups (broad SMARTS) is 1. The van der Waals surface area contributed by atoms with Gasteiger partial charge in [-0.15, -0.1) is 0 Å². The highest BCUT2D eigenvalue weighted by molar-refractivity contribution is 7.99. The molecule has 0 amide bonds. The summed E-state index contributed by atoms with van der Waals surface area (Å²) < 4.78 is 0. The highest BCUT2D eigenvalue weighted by Crippen LogP contribution is 2.19. The van der Waals surface area contributed by atoms with Crippen LogP contribution in [0.3, 0.4) is 0 Å². The van der Waals surface area contributed by atoms with Crippen molar-refractivity contribution in [1.82, 2.24) is 4.90 Å². The van der Waals surface area contributed by atoms with E-state index in [0.717, 1.165) is 24.6 Å². The van der Waals surface area contributed by atoms with E-state index in [9.17, 15) is 4.79 Å². The van der Waals surface area contributed by atoms with Gasteiger partial charge in [0, 0.05) is 24.1 Å². The van der Waals surface area contributed by atoms with Crippen LogP contribution in [0.25, 0.3) is 0 Å². The van der Waals surface area contributed by atoms with Crippen molar-refractivity contribution >= 4 is 17.7 Å². The maximum atomic E-state index is 10.7. The first-order valence-corrected chi connectivity index (χ1v) is 6.43. The summed E-state index contributed by atoms with van der Waals surface area (Å²) in [6, 6.07) is 0.262. The first kappa shape index (κ1) is 11.9. The number of hydrogen-bond donors (Lipinski definition) is 1. The van der Waals surface area contributed by atoms with Crippen molar-refractivity contribution in [2.75, 3.05) is 24.6 Å². The van der Waals surface area contributed by atoms with Gasteiger partial charge in [-0.05, 0) is 13.0 Å². The van der Waals surface area contributed by atoms with Crippen molar-refractivity contribution in [3.05, 3.63) is 0 Å². The molecule has 0 aliphatic carbocycles. The Morgan fingerprint density at radius 2 is 2.43 bits per heavy atom. The second-order valence-electron chi connectivity index (χ2n) is 3.72. The Balaban J connectivity index is 2.37. The van der Waals surface area contributed by atoms with Crippen molar-refractivity contribution in [3.8, 4) is 0 Å². The molecule has 1 N–H and O–H groups in total. The molecule has 1 aliphatic heterocycles. The normalized spacial score (nSPS) is 23.6. The summed E-state index contributed by atoms with van der Waals surface area (Å²) in [5.74, 6) is 1.47. The van der Waals surface area contributed by atoms with Gasteiger partial charge in [-0.25, -0.2) is 0 Å². The Morgan fingerprint density at radius 3 is 3.07 bits per heavy atom. The third-order valence-corrected chi connectivity index (χ3v) is 3.65. The third-order valence-electron chi connectivity index (χ3n) is 2.56. The minimum Gasteiger partial charge on any atom is -0.481 e. The van der Waals surface area contributed by atoms with E-state index in [1.165, 1.54) is 12.8 Å². The fraction of sp³-hybridized carbons (Fsp3) is 0.900. The van der Waals surface area contributed by atoms with Crippen LogP contribution in [0, 0.1) is 0 Å². The van der Waals surface area contributed by atoms with Gasteiger partial charge in [-0.2, -0.15) is 11.8 Å². The van der Waals surface area contributed by atoms with Gasteiger partial charge < -0.3 is 5.11 Å². The molecule has 14 heavy (non-hydrogen) atoms. The van der Waals surface area contributed by atoms with Crippen molar-refractivity contribution in [2.24, 2.45) is 0 Å². The third kappa shape index (κ3) is 3.88. The lowest BCUT2D eigenvalue weighted by Gasteiger charge is -2.34. The van der Waals surface area contributed by atoms with E-state index in [2.05, 4.69) is 11.8 Å². The van der Waals surface area contributed by atoms with E-state index in [-0.39, 0.29) is 6.04 Å². The van der Waals surface area contributed by atoms with Crippen LogP contribution >= 0.6 is 11.8 Å². The van der Waals surface area contributed by atoms with Crippen molar-refractivity contribution in [1.29, 1.82) is 0 Å². The van der Waals surface area contributed by atoms with Gasteiger partial charge in [0.2, 0.25) is 0 Å². The standard InChI is InChI=1S/C10H19NO2S/c1-2-3-4-11-5-6-14-8-9(11)7-10(12)13/h9H,2-8H2,1H3,(H,12,13). The molecule has 1 unspecified atom stereocenters. The summed E-state index contributed by atoms with van der Waals surface area (Å²) in [5, 5.41) is 8.77. The van der Waals surface area contributed by atoms with E-state index in [4.69, 9.17) is 5.11 Å². The van der Waals surface area contributed by atoms with E-state index >= 15 is 0 Å². The molecule has 1 atom stereocenters. The van der Waals surface area contributed by atoms with E-state index < -0.39 is 5.97 Å². The van der Waals surface area contributed by atoms with Crippen molar-refractivity contribution in [3.63, 3.8) is 0 Å². The number of hydrogen-bond acceptors (Lipinski definition) is 3. The number of thioether (sulfide) groups is 1. The number of carbonyl (C=O) groups is 1. The summed E-state index contributed by atoms with van der Waals surface area (Å²) in [6.45, 7) is 4.29. The monoisotopic (exact) mass is 217 g/mol. The quantitative estimate of drug-likeness (QED) is 0.760. The summed E-state index contributed by atoms with van der Waals surface area (Å²) in [7, 11) is 0. The maximum absolute atomic E-state index is 10.7. The molecule has 0 radical (unpaired) electrons. The number of rotatable bonds is 5. The molecule has 1 saturated heterocycles. The number of carboxylic acids is 1. The zero-order valence-electron chi connectivity index (χ0n) is 8.74. The van der Waals surface area contributed by atoms with Crippen LogP contribution in [0.2, 0.25) is 0 Å². The Bertz CT molecular complexity index is 187. The first-order chi connectivity index (χ1) is 6.74. The van der Waals surface area contributed by atoms with E-state index in [1.807, 2.05) is 11.8 Å². The summed E-state index contributed by atoms with van der Waals surface area (Å²) in [5.41, 5.74) is 0. The summed E-state index contributed by atoms with van der Waals surface area (Å²) in [6.07, 6.45) is 2.67. The van der Waals surface area contributed by atoms with Crippen LogP contribution in [0.15, 0.2) is 0 Å². The van der Waals surface area contributed by atoms with Crippen LogP contribution in [0.5, 0.6) is 0 Å². The SMILES string of the molecule is CCCCN1CCSCC1CC(=O)O. The van der Waals surface area contributed by atoms with Crippen LogP contribution < -0.4 is 0 Å². The molecule has 0 spiro atoms. The molecule has 4 heteroatoms. The van der Waals surface area contributed by atoms with Gasteiger partial charge in [-0.3, -0.25) is 9.69 Å². The zero-order valence-corrected chi connectivity index (χ0v) is 9.55. The molecule has 1 rings (SSSR count). The van der Waals surface area contributed by atoms with Crippen LogP contribution in [0.4, 0.5) is 0 Å². The average molecular weight is 217 g/mol. The number of unbranched alkanes of at least 4 members (excludes halogenated alkanes) is 1. The molecule has 0 aromatic rings. The summed E-state index contributed by atoms with van der Waals surface area (Å²) in [4.78, 5) is 13.0. The molecule has 1 fully saturated rings. The lowest BCUT2D eigenvalue weighted by Crippen LogP contribution is -2.43. The second kappa shape index (κ2) is 6.30. The highest BCUT2D eigenvalue weighted by atomic mass is 32.2. The lowest BCUT2D eigenvalue weighted by atomic mass is 10.2. The predicted octanol–water partition coefficient (Wildman–Crippen LogP) is 1.68. The summed E-state index contributed by atoms with van der Waals surface area (Å²) >= 11 is 1.88. The highest BCUT2D eigenvalue weighted by Gasteiger charge is 2.23. The minimum atomic E-state index is -0.668. The fourth-order valence-corrected chi connectivity index (χ4v) is 2.87. The van der Waals surface area contributed by atoms with E-state index in [0.29, 0.717) is 6.42 Å². The van der Waals surface area contributed by atoms with Gasteiger partial charge in [-0.1, -0.05) is 13.3 Å². The first-order valence-electron chi connectivity index (χ1n) is 5.27. The van der Waals surface area contributed by atoms with Gasteiger partial charge >= 0.3 is 5.97 Å². The van der Waals surface area contributed by atoms with Gasteiger partial charge in [0.05, 0.1) is 6.42 Å². The molecular weight excluding hydrogens is 198 g/mol. The van der Waals surface area contributed by atoms with E-state index in [1.54, 1.807) is 0 Å². The topological polar surface area (TPSA) is 40.5 Å². The molecule has 0 aromatic carbocycles. The average Bonchev–Trinajstić information content (AvgIpc) is 2.16. The molecule has 1 aliphatic rings. The Labute approximate surface area is 89.9 Å². The van der Waals surface area contributed by atoms with Gasteiger partial charge in [0.25, 0.3) is 0 Å². The molecule has 0 bridgehead atoms. The molecular formula is C10H19NO2S. The molecule has 0 aromatic heterocycles. The largest absolute Gasteiger partial charge is 0.481 e. The van der Waals surface area contributed by atoms with Crippen molar-refractivity contribution < 1.29 is 9.90 Å². The second-order valence-corrected chi connectivity index (χ2v) is 4.87. The van der Waals surface area contributed by atoms with Crippen LogP contribution in [0.1, 0.15) is 26.2 Å². The number of nitrogens with zero attached hydrogens (tertiary/aromatic N) is 1. The molecule has 82 valence electrons. The van der Waals surface area contributed by atoms with Crippen LogP contribution in [-0.2, 0) is 4.79 Å². The molecule has 1 heterocycles.